The molecule has 0 atom stereocenters. The molecule has 0 amide bonds. The number of hydrogen-bond acceptors (Lipinski definition) is 3. The molecule has 0 aliphatic carbocycles. The van der Waals surface area contributed by atoms with Crippen LogP contribution >= 0.6 is 0 Å². The summed E-state index contributed by atoms with van der Waals surface area (Å²) in [5.41, 5.74) is 10.8. The van der Waals surface area contributed by atoms with Crippen molar-refractivity contribution in [2.75, 3.05) is 0 Å². The number of furan rings is 1. The standard InChI is InChI=1S/C44H37N2O.C17H20N.Ir/c1-27(2)37-25-33(32-21-19-31(20-22-32)30-12-7-6-8-13-30)26-38(28(3)4)42(37)46-40-24-29(5)18-23-39(40)45-44(46)36-16-11-15-35-34-14-9-10-17-41(34)47-43(35)36;1-13-5-8-15(9-6-13)16-10-7-14(12-18-16)11-17(2,3)4;/h6-15,17-28H,1-5H3;5-8,10,12H,11H2,1-4H3;/q2*-1;/i5D3,27D,28D;1D3,11D2;. The first kappa shape index (κ1) is 34.9. The van der Waals surface area contributed by atoms with Crippen molar-refractivity contribution in [3.63, 3.8) is 0 Å². The molecule has 10 aromatic rings. The Morgan fingerprint density at radius 2 is 1.36 bits per heavy atom. The zero-order valence-corrected chi connectivity index (χ0v) is 40.5. The van der Waals surface area contributed by atoms with E-state index in [0.29, 0.717) is 61.6 Å². The molecule has 66 heavy (non-hydrogen) atoms. The normalized spacial score (nSPS) is 14.8. The van der Waals surface area contributed by atoms with Gasteiger partial charge in [0, 0.05) is 51.1 Å². The van der Waals surface area contributed by atoms with Gasteiger partial charge in [-0.15, -0.1) is 53.6 Å². The quantitative estimate of drug-likeness (QED) is 0.142. The summed E-state index contributed by atoms with van der Waals surface area (Å²) in [7, 11) is 0. The van der Waals surface area contributed by atoms with Crippen molar-refractivity contribution in [3.8, 4) is 50.6 Å². The third kappa shape index (κ3) is 9.61. The number of aromatic nitrogens is 3. The predicted octanol–water partition coefficient (Wildman–Crippen LogP) is 16.7. The molecule has 5 heteroatoms. The van der Waals surface area contributed by atoms with Gasteiger partial charge in [-0.05, 0) is 111 Å². The summed E-state index contributed by atoms with van der Waals surface area (Å²) in [4.78, 5) is 9.44. The summed E-state index contributed by atoms with van der Waals surface area (Å²) in [6.07, 6.45) is 0.0411. The minimum Gasteiger partial charge on any atom is -0.501 e. The smallest absolute Gasteiger partial charge is 0.120 e. The van der Waals surface area contributed by atoms with E-state index >= 15 is 0 Å². The van der Waals surface area contributed by atoms with Crippen molar-refractivity contribution < 1.29 is 38.2 Å². The fraction of sp³-hybridized carbons (Fsp3) is 0.213. The Morgan fingerprint density at radius 1 is 0.697 bits per heavy atom. The van der Waals surface area contributed by atoms with Crippen LogP contribution < -0.4 is 0 Å². The molecule has 0 saturated heterocycles. The van der Waals surface area contributed by atoms with Crippen LogP contribution in [0.2, 0.25) is 0 Å². The van der Waals surface area contributed by atoms with Crippen molar-refractivity contribution in [1.29, 1.82) is 0 Å². The summed E-state index contributed by atoms with van der Waals surface area (Å²) in [5, 5.41) is 1.87. The molecule has 1 radical (unpaired) electrons. The van der Waals surface area contributed by atoms with Crippen LogP contribution in [0.25, 0.3) is 83.6 Å². The largest absolute Gasteiger partial charge is 0.501 e. The Bertz CT molecular complexity index is 3660. The first-order valence-corrected chi connectivity index (χ1v) is 21.8. The zero-order chi connectivity index (χ0) is 54.0. The van der Waals surface area contributed by atoms with Crippen molar-refractivity contribution in [3.05, 3.63) is 198 Å². The number of pyridine rings is 1. The van der Waals surface area contributed by atoms with E-state index in [0.717, 1.165) is 38.6 Å². The number of fused-ring (bicyclic) bond motifs is 4. The van der Waals surface area contributed by atoms with Gasteiger partial charge >= 0.3 is 0 Å². The Hall–Kier alpha value is -6.39. The van der Waals surface area contributed by atoms with Gasteiger partial charge in [-0.25, -0.2) is 0 Å². The average molecular weight is 1050 g/mol. The molecule has 0 spiro atoms. The average Bonchev–Trinajstić information content (AvgIpc) is 3.94. The molecule has 0 N–H and O–H groups in total. The molecular formula is C61H57IrN3O-2. The molecule has 7 aromatic carbocycles. The monoisotopic (exact) mass is 1050 g/mol. The Kier molecular flexibility index (Phi) is 10.2. The van der Waals surface area contributed by atoms with E-state index in [1.165, 1.54) is 12.3 Å². The third-order valence-corrected chi connectivity index (χ3v) is 11.3. The van der Waals surface area contributed by atoms with Crippen molar-refractivity contribution in [2.45, 2.75) is 80.3 Å². The van der Waals surface area contributed by atoms with E-state index < -0.39 is 37.3 Å². The molecule has 10 rings (SSSR count). The number of imidazole rings is 1. The van der Waals surface area contributed by atoms with Crippen LogP contribution in [0.5, 0.6) is 0 Å². The molecule has 333 valence electrons. The number of benzene rings is 7. The first-order chi connectivity index (χ1) is 35.1. The number of hydrogen-bond donors (Lipinski definition) is 0. The Balaban J connectivity index is 0.000000268. The minimum atomic E-state index is -2.36. The molecule has 3 aromatic heterocycles. The molecule has 0 bridgehead atoms. The summed E-state index contributed by atoms with van der Waals surface area (Å²) in [6.45, 7) is 8.41. The van der Waals surface area contributed by atoms with Crippen LogP contribution in [0.4, 0.5) is 0 Å². The van der Waals surface area contributed by atoms with E-state index in [9.17, 15) is 2.74 Å². The molecule has 0 fully saturated rings. The van der Waals surface area contributed by atoms with Gasteiger partial charge in [0.15, 0.2) is 0 Å². The molecular weight excluding hydrogens is 983 g/mol. The summed E-state index contributed by atoms with van der Waals surface area (Å²) in [5.74, 6) is -1.79. The fourth-order valence-electron chi connectivity index (χ4n) is 8.26. The van der Waals surface area contributed by atoms with Crippen LogP contribution in [-0.4, -0.2) is 14.5 Å². The van der Waals surface area contributed by atoms with Crippen molar-refractivity contribution in [1.82, 2.24) is 14.5 Å². The first-order valence-electron chi connectivity index (χ1n) is 26.8. The van der Waals surface area contributed by atoms with Crippen LogP contribution in [0.3, 0.4) is 0 Å². The Morgan fingerprint density at radius 3 is 2.00 bits per heavy atom. The number of rotatable bonds is 8. The second-order valence-corrected chi connectivity index (χ2v) is 17.8. The van der Waals surface area contributed by atoms with Gasteiger partial charge in [-0.1, -0.05) is 157 Å². The van der Waals surface area contributed by atoms with Crippen LogP contribution in [-0.2, 0) is 26.5 Å². The van der Waals surface area contributed by atoms with Gasteiger partial charge in [-0.2, -0.15) is 0 Å². The van der Waals surface area contributed by atoms with E-state index in [-0.39, 0.29) is 31.2 Å². The van der Waals surface area contributed by atoms with Crippen LogP contribution in [0.1, 0.15) is 102 Å². The minimum absolute atomic E-state index is 0. The van der Waals surface area contributed by atoms with Gasteiger partial charge < -0.3 is 14.0 Å². The maximum Gasteiger partial charge on any atom is 0.120 e. The van der Waals surface area contributed by atoms with Gasteiger partial charge in [0.25, 0.3) is 0 Å². The molecule has 4 nitrogen and oxygen atoms in total. The summed E-state index contributed by atoms with van der Waals surface area (Å²) < 4.78 is 90.8. The number of para-hydroxylation sites is 1. The molecule has 0 saturated carbocycles. The number of nitrogens with zero attached hydrogens (tertiary/aromatic N) is 3. The number of aryl methyl sites for hydroxylation is 2. The molecule has 0 unspecified atom stereocenters. The fourth-order valence-corrected chi connectivity index (χ4v) is 8.26. The van der Waals surface area contributed by atoms with Gasteiger partial charge in [0.05, 0.1) is 22.4 Å². The van der Waals surface area contributed by atoms with Crippen molar-refractivity contribution in [2.24, 2.45) is 5.41 Å². The predicted molar refractivity (Wildman–Crippen MR) is 273 cm³/mol. The van der Waals surface area contributed by atoms with E-state index in [4.69, 9.17) is 20.4 Å². The van der Waals surface area contributed by atoms with Crippen LogP contribution in [0, 0.1) is 31.3 Å². The summed E-state index contributed by atoms with van der Waals surface area (Å²) >= 11 is 0. The van der Waals surface area contributed by atoms with E-state index in [2.05, 4.69) is 53.5 Å². The molecule has 3 heterocycles. The molecule has 0 aliphatic heterocycles. The van der Waals surface area contributed by atoms with Gasteiger partial charge in [0.2, 0.25) is 0 Å². The van der Waals surface area contributed by atoms with Gasteiger partial charge in [0.1, 0.15) is 5.58 Å². The van der Waals surface area contributed by atoms with Crippen LogP contribution in [0.15, 0.2) is 162 Å². The van der Waals surface area contributed by atoms with Gasteiger partial charge in [-0.3, -0.25) is 4.98 Å². The van der Waals surface area contributed by atoms with Crippen molar-refractivity contribution >= 4 is 33.0 Å². The summed E-state index contributed by atoms with van der Waals surface area (Å²) in [6, 6.07) is 53.7. The topological polar surface area (TPSA) is 43.9 Å². The maximum atomic E-state index is 9.54. The second kappa shape index (κ2) is 19.2. The van der Waals surface area contributed by atoms with E-state index in [1.807, 2.05) is 120 Å². The zero-order valence-electron chi connectivity index (χ0n) is 48.1. The third-order valence-electron chi connectivity index (χ3n) is 11.3. The van der Waals surface area contributed by atoms with E-state index in [1.54, 1.807) is 42.5 Å². The molecule has 0 aliphatic rings. The Labute approximate surface area is 418 Å². The maximum absolute atomic E-state index is 9.54. The second-order valence-electron chi connectivity index (χ2n) is 17.8. The SMILES string of the molecule is [2H]C([2H])([2H])c1c[c-]c(-c2ccc(C([2H])([2H])C(C)(C)C)cn2)cc1.[2H]C([2H])([2H])c1ccc2nc(-c3[c-]ccc4c3oc3ccccc34)n(-c3c(C([2H])(C)C)cc(-c4ccc(-c5ccccc5)cc4)cc3C([2H])(C)C)c2c1.[Ir].